The fourth-order valence-corrected chi connectivity index (χ4v) is 3.67. The van der Waals surface area contributed by atoms with E-state index in [2.05, 4.69) is 39.0 Å². The smallest absolute Gasteiger partial charge is 0.410 e. The van der Waals surface area contributed by atoms with Gasteiger partial charge in [-0.1, -0.05) is 42.5 Å². The van der Waals surface area contributed by atoms with Crippen LogP contribution in [-0.2, 0) is 12.8 Å². The molecule has 30 heavy (non-hydrogen) atoms. The molecule has 0 fully saturated rings. The van der Waals surface area contributed by atoms with E-state index < -0.39 is 0 Å². The Hall–Kier alpha value is -3.07. The van der Waals surface area contributed by atoms with Crippen molar-refractivity contribution in [3.8, 4) is 5.75 Å². The summed E-state index contributed by atoms with van der Waals surface area (Å²) in [5.41, 5.74) is 9.37. The number of carbonyl (C=O) groups excluding carboxylic acids is 1. The maximum Gasteiger partial charge on any atom is 0.419 e. The summed E-state index contributed by atoms with van der Waals surface area (Å²) in [5, 5.41) is 0. The van der Waals surface area contributed by atoms with Crippen molar-refractivity contribution >= 4 is 11.8 Å². The molecule has 0 aliphatic carbocycles. The van der Waals surface area contributed by atoms with E-state index in [4.69, 9.17) is 4.74 Å². The molecular formula is C27H31NO2. The zero-order valence-electron chi connectivity index (χ0n) is 18.9. The van der Waals surface area contributed by atoms with E-state index in [0.29, 0.717) is 5.75 Å². The number of hydrogen-bond donors (Lipinski definition) is 0. The van der Waals surface area contributed by atoms with E-state index in [0.717, 1.165) is 35.2 Å². The molecule has 156 valence electrons. The van der Waals surface area contributed by atoms with Crippen LogP contribution >= 0.6 is 0 Å². The van der Waals surface area contributed by atoms with Crippen LogP contribution in [0.2, 0.25) is 0 Å². The largest absolute Gasteiger partial charge is 0.419 e. The van der Waals surface area contributed by atoms with E-state index in [1.165, 1.54) is 22.3 Å². The Morgan fingerprint density at radius 1 is 0.767 bits per heavy atom. The third-order valence-electron chi connectivity index (χ3n) is 5.89. The molecule has 0 spiro atoms. The molecule has 1 amide bonds. The predicted octanol–water partition coefficient (Wildman–Crippen LogP) is 6.65. The van der Waals surface area contributed by atoms with Gasteiger partial charge in [0.1, 0.15) is 5.75 Å². The van der Waals surface area contributed by atoms with Gasteiger partial charge in [0.15, 0.2) is 0 Å². The fraction of sp³-hybridized carbons (Fsp3) is 0.296. The Bertz CT molecular complexity index is 1050. The molecule has 0 saturated heterocycles. The number of ether oxygens (including phenoxy) is 1. The van der Waals surface area contributed by atoms with Crippen molar-refractivity contribution in [3.63, 3.8) is 0 Å². The van der Waals surface area contributed by atoms with Gasteiger partial charge in [-0.3, -0.25) is 4.90 Å². The topological polar surface area (TPSA) is 29.5 Å². The lowest BCUT2D eigenvalue weighted by Gasteiger charge is -2.20. The Kier molecular flexibility index (Phi) is 6.61. The van der Waals surface area contributed by atoms with Crippen molar-refractivity contribution in [1.29, 1.82) is 0 Å². The van der Waals surface area contributed by atoms with Crippen LogP contribution in [-0.4, -0.2) is 13.1 Å². The normalized spacial score (nSPS) is 10.7. The lowest BCUT2D eigenvalue weighted by molar-refractivity contribution is 0.208. The van der Waals surface area contributed by atoms with E-state index in [9.17, 15) is 4.79 Å². The van der Waals surface area contributed by atoms with Gasteiger partial charge in [0.05, 0.1) is 0 Å². The average Bonchev–Trinajstić information content (AvgIpc) is 2.72. The molecule has 0 unspecified atom stereocenters. The van der Waals surface area contributed by atoms with E-state index >= 15 is 0 Å². The highest BCUT2D eigenvalue weighted by atomic mass is 16.6. The predicted molar refractivity (Wildman–Crippen MR) is 125 cm³/mol. The summed E-state index contributed by atoms with van der Waals surface area (Å²) in [7, 11) is 1.74. The van der Waals surface area contributed by atoms with Crippen LogP contribution in [0.4, 0.5) is 10.5 Å². The van der Waals surface area contributed by atoms with Crippen molar-refractivity contribution in [2.24, 2.45) is 0 Å². The number of benzene rings is 3. The standard InChI is InChI=1S/C27H31NO2/c1-18-9-7-8-10-25(18)28(6)27(29)30-26-17-23(12-11-19(26)2)13-14-24-15-20(3)22(5)21(4)16-24/h7-12,15-17H,13-14H2,1-6H3. The molecule has 0 atom stereocenters. The first kappa shape index (κ1) is 21.6. The molecule has 0 heterocycles. The maximum atomic E-state index is 12.7. The number of para-hydroxylation sites is 1. The van der Waals surface area contributed by atoms with Crippen molar-refractivity contribution < 1.29 is 9.53 Å². The lowest BCUT2D eigenvalue weighted by Crippen LogP contribution is -2.30. The second-order valence-electron chi connectivity index (χ2n) is 8.17. The van der Waals surface area contributed by atoms with Gasteiger partial charge in [-0.25, -0.2) is 4.79 Å². The molecule has 0 saturated carbocycles. The molecule has 3 aromatic rings. The molecule has 3 rings (SSSR count). The highest BCUT2D eigenvalue weighted by molar-refractivity contribution is 5.89. The average molecular weight is 402 g/mol. The summed E-state index contributed by atoms with van der Waals surface area (Å²) < 4.78 is 5.75. The highest BCUT2D eigenvalue weighted by Gasteiger charge is 2.16. The van der Waals surface area contributed by atoms with Crippen LogP contribution in [0.1, 0.15) is 38.9 Å². The summed E-state index contributed by atoms with van der Waals surface area (Å²) in [6, 6.07) is 18.5. The number of carbonyl (C=O) groups is 1. The van der Waals surface area contributed by atoms with Gasteiger partial charge in [-0.2, -0.15) is 0 Å². The van der Waals surface area contributed by atoms with Gasteiger partial charge >= 0.3 is 6.09 Å². The second-order valence-corrected chi connectivity index (χ2v) is 8.17. The molecule has 0 bridgehead atoms. The van der Waals surface area contributed by atoms with Crippen molar-refractivity contribution in [2.75, 3.05) is 11.9 Å². The highest BCUT2D eigenvalue weighted by Crippen LogP contribution is 2.24. The minimum Gasteiger partial charge on any atom is -0.410 e. The number of hydrogen-bond acceptors (Lipinski definition) is 2. The SMILES string of the molecule is Cc1ccc(CCc2cc(C)c(C)c(C)c2)cc1OC(=O)N(C)c1ccccc1C. The zero-order chi connectivity index (χ0) is 21.8. The number of rotatable bonds is 5. The van der Waals surface area contributed by atoms with Gasteiger partial charge in [0.2, 0.25) is 0 Å². The molecule has 3 aromatic carbocycles. The molecule has 3 heteroatoms. The first-order valence-corrected chi connectivity index (χ1v) is 10.4. The first-order valence-electron chi connectivity index (χ1n) is 10.4. The molecule has 0 radical (unpaired) electrons. The fourth-order valence-electron chi connectivity index (χ4n) is 3.67. The van der Waals surface area contributed by atoms with Crippen LogP contribution < -0.4 is 9.64 Å². The summed E-state index contributed by atoms with van der Waals surface area (Å²) in [4.78, 5) is 14.3. The van der Waals surface area contributed by atoms with Crippen LogP contribution in [0.15, 0.2) is 54.6 Å². The van der Waals surface area contributed by atoms with Gasteiger partial charge in [0.25, 0.3) is 0 Å². The Morgan fingerprint density at radius 2 is 1.40 bits per heavy atom. The Labute approximate surface area is 180 Å². The molecule has 0 N–H and O–H groups in total. The Balaban J connectivity index is 1.72. The van der Waals surface area contributed by atoms with Crippen molar-refractivity contribution in [3.05, 3.63) is 93.5 Å². The minimum atomic E-state index is -0.380. The third-order valence-corrected chi connectivity index (χ3v) is 5.89. The van der Waals surface area contributed by atoms with Gasteiger partial charge in [0, 0.05) is 12.7 Å². The quantitative estimate of drug-likeness (QED) is 0.479. The number of nitrogens with zero attached hydrogens (tertiary/aromatic N) is 1. The monoisotopic (exact) mass is 401 g/mol. The van der Waals surface area contributed by atoms with Gasteiger partial charge < -0.3 is 4.74 Å². The first-order chi connectivity index (χ1) is 14.3. The second kappa shape index (κ2) is 9.17. The van der Waals surface area contributed by atoms with Gasteiger partial charge in [-0.05, 0) is 98.5 Å². The number of amides is 1. The lowest BCUT2D eigenvalue weighted by atomic mass is 9.96. The molecule has 3 nitrogen and oxygen atoms in total. The van der Waals surface area contributed by atoms with E-state index in [-0.39, 0.29) is 6.09 Å². The molecule has 0 aromatic heterocycles. The van der Waals surface area contributed by atoms with Crippen LogP contribution in [0.3, 0.4) is 0 Å². The summed E-state index contributed by atoms with van der Waals surface area (Å²) in [6.45, 7) is 10.5. The van der Waals surface area contributed by atoms with Crippen LogP contribution in [0, 0.1) is 34.6 Å². The van der Waals surface area contributed by atoms with E-state index in [1.54, 1.807) is 11.9 Å². The number of aryl methyl sites for hydroxylation is 6. The summed E-state index contributed by atoms with van der Waals surface area (Å²) >= 11 is 0. The van der Waals surface area contributed by atoms with Crippen molar-refractivity contribution in [1.82, 2.24) is 0 Å². The molecule has 0 aliphatic rings. The molecule has 0 aliphatic heterocycles. The number of anilines is 1. The Morgan fingerprint density at radius 3 is 2.07 bits per heavy atom. The summed E-state index contributed by atoms with van der Waals surface area (Å²) in [6.07, 6.45) is 1.48. The minimum absolute atomic E-state index is 0.380. The third kappa shape index (κ3) is 4.91. The van der Waals surface area contributed by atoms with Crippen molar-refractivity contribution in [2.45, 2.75) is 47.5 Å². The zero-order valence-corrected chi connectivity index (χ0v) is 18.9. The molecular weight excluding hydrogens is 370 g/mol. The van der Waals surface area contributed by atoms with Crippen LogP contribution in [0.5, 0.6) is 5.75 Å². The maximum absolute atomic E-state index is 12.7. The van der Waals surface area contributed by atoms with Crippen LogP contribution in [0.25, 0.3) is 0 Å². The van der Waals surface area contributed by atoms with E-state index in [1.807, 2.05) is 50.2 Å². The summed E-state index contributed by atoms with van der Waals surface area (Å²) in [5.74, 6) is 0.620. The van der Waals surface area contributed by atoms with Gasteiger partial charge in [-0.15, -0.1) is 0 Å².